The number of aryl methyl sites for hydroxylation is 2. The van der Waals surface area contributed by atoms with Crippen LogP contribution in [0.4, 0.5) is 5.69 Å². The highest BCUT2D eigenvalue weighted by Crippen LogP contribution is 2.13. The number of aliphatic hydroxyl groups is 1. The van der Waals surface area contributed by atoms with E-state index in [1.807, 2.05) is 20.2 Å². The number of nitrogens with zero attached hydrogens (tertiary/aromatic N) is 2. The molecule has 2 N–H and O–H groups in total. The Hall–Kier alpha value is -1.11. The van der Waals surface area contributed by atoms with Gasteiger partial charge in [0.05, 0.1) is 36.8 Å². The van der Waals surface area contributed by atoms with Crippen LogP contribution in [0.3, 0.4) is 0 Å². The normalized spacial score (nSPS) is 20.7. The van der Waals surface area contributed by atoms with Crippen LogP contribution in [0.15, 0.2) is 6.20 Å². The number of ether oxygens (including phenoxy) is 2. The molecule has 0 amide bonds. The number of hydrogen-bond acceptors (Lipinski definition) is 5. The summed E-state index contributed by atoms with van der Waals surface area (Å²) in [4.78, 5) is 0. The van der Waals surface area contributed by atoms with Gasteiger partial charge in [-0.25, -0.2) is 0 Å². The SMILES string of the molecule is Cc1nn(C)cc1NCC(O)COCC1CCCO1. The molecule has 1 aromatic heterocycles. The second kappa shape index (κ2) is 6.88. The zero-order valence-corrected chi connectivity index (χ0v) is 11.6. The molecule has 2 atom stereocenters. The number of aromatic nitrogens is 2. The topological polar surface area (TPSA) is 68.5 Å². The average Bonchev–Trinajstić information content (AvgIpc) is 2.97. The van der Waals surface area contributed by atoms with Gasteiger partial charge in [0, 0.05) is 26.4 Å². The average molecular weight is 269 g/mol. The third-order valence-corrected chi connectivity index (χ3v) is 3.18. The maximum absolute atomic E-state index is 9.83. The summed E-state index contributed by atoms with van der Waals surface area (Å²) < 4.78 is 12.7. The summed E-state index contributed by atoms with van der Waals surface area (Å²) in [5, 5.41) is 17.2. The molecule has 108 valence electrons. The highest BCUT2D eigenvalue weighted by Gasteiger charge is 2.16. The van der Waals surface area contributed by atoms with Crippen molar-refractivity contribution in [2.45, 2.75) is 32.0 Å². The van der Waals surface area contributed by atoms with Crippen molar-refractivity contribution in [3.63, 3.8) is 0 Å². The van der Waals surface area contributed by atoms with Crippen LogP contribution in [-0.2, 0) is 16.5 Å². The second-order valence-electron chi connectivity index (χ2n) is 5.01. The lowest BCUT2D eigenvalue weighted by Crippen LogP contribution is -2.27. The van der Waals surface area contributed by atoms with Crippen LogP contribution in [0.1, 0.15) is 18.5 Å². The van der Waals surface area contributed by atoms with Gasteiger partial charge in [0.2, 0.25) is 0 Å². The molecule has 6 nitrogen and oxygen atoms in total. The summed E-state index contributed by atoms with van der Waals surface area (Å²) in [6.45, 7) is 4.12. The molecule has 19 heavy (non-hydrogen) atoms. The molecular weight excluding hydrogens is 246 g/mol. The van der Waals surface area contributed by atoms with Gasteiger partial charge in [0.15, 0.2) is 0 Å². The number of nitrogens with one attached hydrogen (secondary N) is 1. The lowest BCUT2D eigenvalue weighted by molar-refractivity contribution is -0.0137. The van der Waals surface area contributed by atoms with E-state index < -0.39 is 6.10 Å². The minimum atomic E-state index is -0.527. The molecule has 0 spiro atoms. The van der Waals surface area contributed by atoms with Crippen molar-refractivity contribution < 1.29 is 14.6 Å². The Morgan fingerprint density at radius 2 is 2.53 bits per heavy atom. The second-order valence-corrected chi connectivity index (χ2v) is 5.01. The van der Waals surface area contributed by atoms with E-state index in [9.17, 15) is 5.11 Å². The zero-order valence-electron chi connectivity index (χ0n) is 11.6. The largest absolute Gasteiger partial charge is 0.389 e. The minimum absolute atomic E-state index is 0.209. The van der Waals surface area contributed by atoms with Crippen molar-refractivity contribution in [2.75, 3.05) is 31.7 Å². The molecule has 2 unspecified atom stereocenters. The monoisotopic (exact) mass is 269 g/mol. The van der Waals surface area contributed by atoms with E-state index >= 15 is 0 Å². The Labute approximate surface area is 113 Å². The van der Waals surface area contributed by atoms with E-state index in [2.05, 4.69) is 10.4 Å². The lowest BCUT2D eigenvalue weighted by Gasteiger charge is -2.14. The first-order valence-corrected chi connectivity index (χ1v) is 6.76. The van der Waals surface area contributed by atoms with Gasteiger partial charge in [-0.05, 0) is 19.8 Å². The molecule has 2 heterocycles. The fraction of sp³-hybridized carbons (Fsp3) is 0.769. The number of rotatable bonds is 7. The summed E-state index contributed by atoms with van der Waals surface area (Å²) in [7, 11) is 1.87. The van der Waals surface area contributed by atoms with Crippen LogP contribution in [0.5, 0.6) is 0 Å². The molecular formula is C13H23N3O3. The molecule has 0 aromatic carbocycles. The Morgan fingerprint density at radius 3 is 3.16 bits per heavy atom. The van der Waals surface area contributed by atoms with Gasteiger partial charge in [-0.3, -0.25) is 4.68 Å². The van der Waals surface area contributed by atoms with Gasteiger partial charge in [0.25, 0.3) is 0 Å². The van der Waals surface area contributed by atoms with E-state index in [-0.39, 0.29) is 6.10 Å². The highest BCUT2D eigenvalue weighted by atomic mass is 16.5. The van der Waals surface area contributed by atoms with Gasteiger partial charge in [-0.15, -0.1) is 0 Å². The van der Waals surface area contributed by atoms with E-state index in [0.29, 0.717) is 19.8 Å². The van der Waals surface area contributed by atoms with Crippen LogP contribution in [0, 0.1) is 6.92 Å². The Kier molecular flexibility index (Phi) is 5.18. The lowest BCUT2D eigenvalue weighted by atomic mass is 10.2. The van der Waals surface area contributed by atoms with Gasteiger partial charge in [-0.2, -0.15) is 5.10 Å². The van der Waals surface area contributed by atoms with E-state index in [1.54, 1.807) is 4.68 Å². The number of aliphatic hydroxyl groups excluding tert-OH is 1. The molecule has 0 aliphatic carbocycles. The molecule has 0 saturated carbocycles. The Bertz CT molecular complexity index is 388. The van der Waals surface area contributed by atoms with E-state index in [1.165, 1.54) is 0 Å². The Balaban J connectivity index is 1.61. The van der Waals surface area contributed by atoms with Crippen molar-refractivity contribution in [1.82, 2.24) is 9.78 Å². The molecule has 0 bridgehead atoms. The smallest absolute Gasteiger partial charge is 0.0945 e. The zero-order chi connectivity index (χ0) is 13.7. The third kappa shape index (κ3) is 4.49. The molecule has 1 aliphatic heterocycles. The van der Waals surface area contributed by atoms with Gasteiger partial charge < -0.3 is 19.9 Å². The quantitative estimate of drug-likeness (QED) is 0.762. The molecule has 6 heteroatoms. The van der Waals surface area contributed by atoms with Crippen LogP contribution >= 0.6 is 0 Å². The molecule has 1 aromatic rings. The predicted octanol–water partition coefficient (Wildman–Crippen LogP) is 0.697. The number of anilines is 1. The third-order valence-electron chi connectivity index (χ3n) is 3.18. The fourth-order valence-electron chi connectivity index (χ4n) is 2.17. The highest BCUT2D eigenvalue weighted by molar-refractivity contribution is 5.45. The maximum atomic E-state index is 9.83. The summed E-state index contributed by atoms with van der Waals surface area (Å²) in [6.07, 6.45) is 3.75. The first-order chi connectivity index (χ1) is 9.15. The number of hydrogen-bond donors (Lipinski definition) is 2. The molecule has 1 aliphatic rings. The first kappa shape index (κ1) is 14.3. The maximum Gasteiger partial charge on any atom is 0.0945 e. The van der Waals surface area contributed by atoms with Crippen LogP contribution in [0.25, 0.3) is 0 Å². The molecule has 1 fully saturated rings. The van der Waals surface area contributed by atoms with Crippen molar-refractivity contribution in [3.8, 4) is 0 Å². The molecule has 1 saturated heterocycles. The molecule has 2 rings (SSSR count). The molecule has 0 radical (unpaired) electrons. The van der Waals surface area contributed by atoms with Crippen molar-refractivity contribution in [2.24, 2.45) is 7.05 Å². The summed E-state index contributed by atoms with van der Waals surface area (Å²) in [6, 6.07) is 0. The standard InChI is InChI=1S/C13H23N3O3/c1-10-13(7-16(2)15-10)14-6-11(17)8-18-9-12-4-3-5-19-12/h7,11-12,14,17H,3-6,8-9H2,1-2H3. The van der Waals surface area contributed by atoms with Gasteiger partial charge in [-0.1, -0.05) is 0 Å². The summed E-state index contributed by atoms with van der Waals surface area (Å²) in [5.74, 6) is 0. The summed E-state index contributed by atoms with van der Waals surface area (Å²) in [5.41, 5.74) is 1.87. The van der Waals surface area contributed by atoms with Crippen LogP contribution < -0.4 is 5.32 Å². The first-order valence-electron chi connectivity index (χ1n) is 6.76. The van der Waals surface area contributed by atoms with Crippen LogP contribution in [0.2, 0.25) is 0 Å². The minimum Gasteiger partial charge on any atom is -0.389 e. The Morgan fingerprint density at radius 1 is 1.68 bits per heavy atom. The van der Waals surface area contributed by atoms with Crippen LogP contribution in [-0.4, -0.2) is 53.5 Å². The predicted molar refractivity (Wildman–Crippen MR) is 72.2 cm³/mol. The van der Waals surface area contributed by atoms with Crippen molar-refractivity contribution in [1.29, 1.82) is 0 Å². The summed E-state index contributed by atoms with van der Waals surface area (Å²) >= 11 is 0. The fourth-order valence-corrected chi connectivity index (χ4v) is 2.17. The van der Waals surface area contributed by atoms with Gasteiger partial charge >= 0.3 is 0 Å². The van der Waals surface area contributed by atoms with E-state index in [4.69, 9.17) is 9.47 Å². The van der Waals surface area contributed by atoms with Crippen molar-refractivity contribution >= 4 is 5.69 Å². The van der Waals surface area contributed by atoms with Gasteiger partial charge in [0.1, 0.15) is 0 Å². The van der Waals surface area contributed by atoms with Crippen molar-refractivity contribution in [3.05, 3.63) is 11.9 Å². The van der Waals surface area contributed by atoms with E-state index in [0.717, 1.165) is 30.8 Å².